The van der Waals surface area contributed by atoms with Gasteiger partial charge in [-0.05, 0) is 24.3 Å². The van der Waals surface area contributed by atoms with Crippen LogP contribution in [0.3, 0.4) is 0 Å². The van der Waals surface area contributed by atoms with E-state index in [0.717, 1.165) is 5.69 Å². The number of carbonyl (C=O) groups is 2. The molecule has 2 aromatic rings. The number of para-hydroxylation sites is 1. The van der Waals surface area contributed by atoms with Crippen LogP contribution in [0.5, 0.6) is 0 Å². The summed E-state index contributed by atoms with van der Waals surface area (Å²) in [5.41, 5.74) is 1.12. The largest absolute Gasteiger partial charge is 0.368 e. The second kappa shape index (κ2) is 7.31. The zero-order valence-corrected chi connectivity index (χ0v) is 13.7. The second-order valence-corrected chi connectivity index (χ2v) is 5.87. The van der Waals surface area contributed by atoms with Gasteiger partial charge in [0.15, 0.2) is 0 Å². The maximum absolute atomic E-state index is 12.3. The topological polar surface area (TPSA) is 65.5 Å². The number of halogens is 1. The standard InChI is InChI=1S/C17H17ClN4O2/c18-13-6-7-15(19-12-13)20-16(23)17(24)22-10-8-21(9-11-22)14-4-2-1-3-5-14/h1-7,12H,8-11H2,(H,19,20,23). The quantitative estimate of drug-likeness (QED) is 0.846. The molecule has 1 aromatic heterocycles. The van der Waals surface area contributed by atoms with E-state index in [2.05, 4.69) is 15.2 Å². The summed E-state index contributed by atoms with van der Waals surface area (Å²) < 4.78 is 0. The summed E-state index contributed by atoms with van der Waals surface area (Å²) in [5, 5.41) is 2.96. The fraction of sp³-hybridized carbons (Fsp3) is 0.235. The molecule has 0 radical (unpaired) electrons. The van der Waals surface area contributed by atoms with Gasteiger partial charge in [0.1, 0.15) is 5.82 Å². The van der Waals surface area contributed by atoms with Crippen LogP contribution < -0.4 is 10.2 Å². The molecule has 0 spiro atoms. The number of hydrogen-bond acceptors (Lipinski definition) is 4. The van der Waals surface area contributed by atoms with Crippen molar-refractivity contribution < 1.29 is 9.59 Å². The Balaban J connectivity index is 1.54. The van der Waals surface area contributed by atoms with E-state index >= 15 is 0 Å². The zero-order chi connectivity index (χ0) is 16.9. The van der Waals surface area contributed by atoms with Gasteiger partial charge >= 0.3 is 11.8 Å². The number of pyridine rings is 1. The number of rotatable bonds is 2. The van der Waals surface area contributed by atoms with Crippen LogP contribution in [-0.4, -0.2) is 47.9 Å². The maximum Gasteiger partial charge on any atom is 0.315 e. The molecule has 0 unspecified atom stereocenters. The summed E-state index contributed by atoms with van der Waals surface area (Å²) in [7, 11) is 0. The molecule has 1 saturated heterocycles. The predicted octanol–water partition coefficient (Wildman–Crippen LogP) is 2.02. The molecule has 0 bridgehead atoms. The third kappa shape index (κ3) is 3.83. The summed E-state index contributed by atoms with van der Waals surface area (Å²) in [6.07, 6.45) is 1.42. The normalized spacial score (nSPS) is 14.4. The van der Waals surface area contributed by atoms with Gasteiger partial charge < -0.3 is 15.1 Å². The lowest BCUT2D eigenvalue weighted by Crippen LogP contribution is -2.51. The third-order valence-corrected chi connectivity index (χ3v) is 4.08. The van der Waals surface area contributed by atoms with E-state index < -0.39 is 11.8 Å². The van der Waals surface area contributed by atoms with E-state index in [-0.39, 0.29) is 0 Å². The van der Waals surface area contributed by atoms with Gasteiger partial charge in [0.05, 0.1) is 5.02 Å². The first-order valence-electron chi connectivity index (χ1n) is 7.65. The molecule has 3 rings (SSSR count). The highest BCUT2D eigenvalue weighted by Crippen LogP contribution is 2.16. The lowest BCUT2D eigenvalue weighted by Gasteiger charge is -2.35. The Morgan fingerprint density at radius 3 is 2.33 bits per heavy atom. The lowest BCUT2D eigenvalue weighted by molar-refractivity contribution is -0.143. The average Bonchev–Trinajstić information content (AvgIpc) is 2.64. The van der Waals surface area contributed by atoms with E-state index in [1.807, 2.05) is 30.3 Å². The first-order valence-corrected chi connectivity index (χ1v) is 8.03. The van der Waals surface area contributed by atoms with Gasteiger partial charge in [-0.25, -0.2) is 4.98 Å². The van der Waals surface area contributed by atoms with Crippen molar-refractivity contribution in [2.45, 2.75) is 0 Å². The fourth-order valence-corrected chi connectivity index (χ4v) is 2.68. The van der Waals surface area contributed by atoms with E-state index in [9.17, 15) is 9.59 Å². The molecule has 24 heavy (non-hydrogen) atoms. The van der Waals surface area contributed by atoms with Crippen molar-refractivity contribution in [3.63, 3.8) is 0 Å². The van der Waals surface area contributed by atoms with Gasteiger partial charge in [0.2, 0.25) is 0 Å². The highest BCUT2D eigenvalue weighted by molar-refractivity contribution is 6.39. The molecular weight excluding hydrogens is 328 g/mol. The first-order chi connectivity index (χ1) is 11.6. The summed E-state index contributed by atoms with van der Waals surface area (Å²) in [6.45, 7) is 2.41. The van der Waals surface area contributed by atoms with Crippen molar-refractivity contribution in [2.24, 2.45) is 0 Å². The number of amides is 2. The average molecular weight is 345 g/mol. The van der Waals surface area contributed by atoms with E-state index in [0.29, 0.717) is 37.0 Å². The van der Waals surface area contributed by atoms with Crippen LogP contribution in [0.2, 0.25) is 5.02 Å². The molecular formula is C17H17ClN4O2. The molecule has 2 amide bonds. The molecule has 1 aromatic carbocycles. The lowest BCUT2D eigenvalue weighted by atomic mass is 10.2. The third-order valence-electron chi connectivity index (χ3n) is 3.85. The molecule has 0 saturated carbocycles. The van der Waals surface area contributed by atoms with Gasteiger partial charge in [-0.15, -0.1) is 0 Å². The molecule has 1 aliphatic heterocycles. The van der Waals surface area contributed by atoms with Gasteiger partial charge in [0.25, 0.3) is 0 Å². The van der Waals surface area contributed by atoms with Crippen molar-refractivity contribution in [3.05, 3.63) is 53.7 Å². The monoisotopic (exact) mass is 344 g/mol. The minimum atomic E-state index is -0.682. The number of hydrogen-bond donors (Lipinski definition) is 1. The molecule has 1 aliphatic rings. The Hall–Kier alpha value is -2.60. The summed E-state index contributed by atoms with van der Waals surface area (Å²) in [5.74, 6) is -0.918. The first kappa shape index (κ1) is 16.3. The Labute approximate surface area is 145 Å². The van der Waals surface area contributed by atoms with Crippen LogP contribution in [-0.2, 0) is 9.59 Å². The summed E-state index contributed by atoms with van der Waals surface area (Å²) in [4.78, 5) is 32.0. The number of piperazine rings is 1. The van der Waals surface area contributed by atoms with Crippen LogP contribution in [0.4, 0.5) is 11.5 Å². The number of anilines is 2. The Morgan fingerprint density at radius 1 is 1.00 bits per heavy atom. The Morgan fingerprint density at radius 2 is 1.71 bits per heavy atom. The van der Waals surface area contributed by atoms with E-state index in [1.54, 1.807) is 17.0 Å². The van der Waals surface area contributed by atoms with Crippen molar-refractivity contribution in [1.29, 1.82) is 0 Å². The highest BCUT2D eigenvalue weighted by Gasteiger charge is 2.26. The van der Waals surface area contributed by atoms with Gasteiger partial charge in [-0.2, -0.15) is 0 Å². The molecule has 0 atom stereocenters. The minimum absolute atomic E-state index is 0.306. The van der Waals surface area contributed by atoms with Gasteiger partial charge in [0, 0.05) is 38.1 Å². The van der Waals surface area contributed by atoms with Gasteiger partial charge in [-0.1, -0.05) is 29.8 Å². The molecule has 1 N–H and O–H groups in total. The zero-order valence-electron chi connectivity index (χ0n) is 13.0. The van der Waals surface area contributed by atoms with Crippen molar-refractivity contribution in [1.82, 2.24) is 9.88 Å². The van der Waals surface area contributed by atoms with Crippen LogP contribution in [0.25, 0.3) is 0 Å². The molecule has 1 fully saturated rings. The predicted molar refractivity (Wildman–Crippen MR) is 93.1 cm³/mol. The number of aromatic nitrogens is 1. The summed E-state index contributed by atoms with van der Waals surface area (Å²) >= 11 is 5.74. The Bertz CT molecular complexity index is 713. The number of carbonyl (C=O) groups excluding carboxylic acids is 2. The van der Waals surface area contributed by atoms with Crippen molar-refractivity contribution in [2.75, 3.05) is 36.4 Å². The number of nitrogens with zero attached hydrogens (tertiary/aromatic N) is 3. The second-order valence-electron chi connectivity index (χ2n) is 5.43. The molecule has 2 heterocycles. The van der Waals surface area contributed by atoms with Crippen LogP contribution in [0.1, 0.15) is 0 Å². The molecule has 6 nitrogen and oxygen atoms in total. The van der Waals surface area contributed by atoms with E-state index in [1.165, 1.54) is 6.20 Å². The van der Waals surface area contributed by atoms with Crippen LogP contribution in [0.15, 0.2) is 48.7 Å². The minimum Gasteiger partial charge on any atom is -0.368 e. The SMILES string of the molecule is O=C(Nc1ccc(Cl)cn1)C(=O)N1CCN(c2ccccc2)CC1. The molecule has 0 aliphatic carbocycles. The maximum atomic E-state index is 12.3. The van der Waals surface area contributed by atoms with Crippen LogP contribution >= 0.6 is 11.6 Å². The highest BCUT2D eigenvalue weighted by atomic mass is 35.5. The molecule has 124 valence electrons. The molecule has 7 heteroatoms. The smallest absolute Gasteiger partial charge is 0.315 e. The van der Waals surface area contributed by atoms with Crippen LogP contribution in [0, 0.1) is 0 Å². The number of nitrogens with one attached hydrogen (secondary N) is 1. The van der Waals surface area contributed by atoms with E-state index in [4.69, 9.17) is 11.6 Å². The van der Waals surface area contributed by atoms with Gasteiger partial charge in [-0.3, -0.25) is 9.59 Å². The summed E-state index contributed by atoms with van der Waals surface area (Å²) in [6, 6.07) is 13.2. The fourth-order valence-electron chi connectivity index (χ4n) is 2.57. The Kier molecular flexibility index (Phi) is 4.96. The van der Waals surface area contributed by atoms with Crippen molar-refractivity contribution in [3.8, 4) is 0 Å². The number of benzene rings is 1. The van der Waals surface area contributed by atoms with Crippen molar-refractivity contribution >= 4 is 34.9 Å².